The maximum absolute atomic E-state index is 11.6. The molecular weight excluding hydrogens is 282 g/mol. The molecule has 3 heteroatoms. The van der Waals surface area contributed by atoms with Crippen LogP contribution in [-0.4, -0.2) is 5.11 Å². The molecule has 0 radical (unpaired) electrons. The van der Waals surface area contributed by atoms with Gasteiger partial charge in [0, 0.05) is 16.3 Å². The van der Waals surface area contributed by atoms with E-state index in [0.717, 1.165) is 36.8 Å². The largest absolute Gasteiger partial charge is 0.398 e. The molecule has 1 aliphatic carbocycles. The molecule has 0 bridgehead atoms. The van der Waals surface area contributed by atoms with Crippen molar-refractivity contribution in [3.05, 3.63) is 64.7 Å². The third-order valence-electron chi connectivity index (χ3n) is 4.59. The van der Waals surface area contributed by atoms with Gasteiger partial charge in [0.1, 0.15) is 5.60 Å². The smallest absolute Gasteiger partial charge is 0.119 e. The number of halogens is 1. The average molecular weight is 302 g/mol. The van der Waals surface area contributed by atoms with Crippen LogP contribution in [0.3, 0.4) is 0 Å². The Morgan fingerprint density at radius 1 is 1.05 bits per heavy atom. The summed E-state index contributed by atoms with van der Waals surface area (Å²) in [6.45, 7) is 0. The van der Waals surface area contributed by atoms with E-state index in [4.69, 9.17) is 17.3 Å². The third kappa shape index (κ3) is 2.54. The van der Waals surface area contributed by atoms with E-state index in [1.54, 1.807) is 12.1 Å². The summed E-state index contributed by atoms with van der Waals surface area (Å²) in [5.74, 6) is 0.181. The first-order valence-corrected chi connectivity index (χ1v) is 7.83. The summed E-state index contributed by atoms with van der Waals surface area (Å²) in [5.41, 5.74) is 7.32. The molecule has 2 nitrogen and oxygen atoms in total. The van der Waals surface area contributed by atoms with Crippen LogP contribution in [0.4, 0.5) is 5.69 Å². The van der Waals surface area contributed by atoms with Crippen molar-refractivity contribution in [2.45, 2.75) is 31.3 Å². The van der Waals surface area contributed by atoms with E-state index >= 15 is 0 Å². The SMILES string of the molecule is Nc1ccc(Cl)cc1[C@@](O)(c1ccccc1)C1CCCC1. The molecule has 1 atom stereocenters. The molecule has 0 unspecified atom stereocenters. The Bertz CT molecular complexity index is 622. The monoisotopic (exact) mass is 301 g/mol. The van der Waals surface area contributed by atoms with Gasteiger partial charge >= 0.3 is 0 Å². The number of nitrogens with two attached hydrogens (primary N) is 1. The van der Waals surface area contributed by atoms with Crippen molar-refractivity contribution in [3.8, 4) is 0 Å². The Kier molecular flexibility index (Phi) is 3.92. The number of nitrogen functional groups attached to an aromatic ring is 1. The zero-order chi connectivity index (χ0) is 14.9. The Hall–Kier alpha value is -1.51. The maximum Gasteiger partial charge on any atom is 0.119 e. The first kappa shape index (κ1) is 14.4. The number of aliphatic hydroxyl groups is 1. The average Bonchev–Trinajstić information content (AvgIpc) is 3.05. The molecule has 0 aliphatic heterocycles. The normalized spacial score (nSPS) is 18.6. The molecular formula is C18H20ClNO. The molecule has 3 rings (SSSR count). The van der Waals surface area contributed by atoms with Crippen molar-refractivity contribution in [1.82, 2.24) is 0 Å². The van der Waals surface area contributed by atoms with E-state index in [1.165, 1.54) is 0 Å². The van der Waals surface area contributed by atoms with E-state index in [2.05, 4.69) is 0 Å². The molecule has 0 spiro atoms. The van der Waals surface area contributed by atoms with E-state index in [9.17, 15) is 5.11 Å². The van der Waals surface area contributed by atoms with Gasteiger partial charge < -0.3 is 10.8 Å². The minimum absolute atomic E-state index is 0.181. The second-order valence-electron chi connectivity index (χ2n) is 5.85. The molecule has 1 aliphatic rings. The van der Waals surface area contributed by atoms with Crippen molar-refractivity contribution in [3.63, 3.8) is 0 Å². The number of hydrogen-bond donors (Lipinski definition) is 2. The number of benzene rings is 2. The minimum atomic E-state index is -1.06. The molecule has 2 aromatic carbocycles. The predicted octanol–water partition coefficient (Wildman–Crippen LogP) is 4.35. The van der Waals surface area contributed by atoms with Gasteiger partial charge in [-0.3, -0.25) is 0 Å². The molecule has 3 N–H and O–H groups in total. The molecule has 21 heavy (non-hydrogen) atoms. The van der Waals surface area contributed by atoms with Gasteiger partial charge in [0.15, 0.2) is 0 Å². The highest BCUT2D eigenvalue weighted by molar-refractivity contribution is 6.30. The Morgan fingerprint density at radius 3 is 2.38 bits per heavy atom. The van der Waals surface area contributed by atoms with Crippen LogP contribution in [-0.2, 0) is 5.60 Å². The van der Waals surface area contributed by atoms with Crippen LogP contribution in [0, 0.1) is 5.92 Å². The van der Waals surface area contributed by atoms with Crippen LogP contribution < -0.4 is 5.73 Å². The van der Waals surface area contributed by atoms with Gasteiger partial charge in [0.05, 0.1) is 0 Å². The first-order chi connectivity index (χ1) is 10.1. The van der Waals surface area contributed by atoms with Crippen LogP contribution in [0.5, 0.6) is 0 Å². The molecule has 0 amide bonds. The zero-order valence-corrected chi connectivity index (χ0v) is 12.7. The van der Waals surface area contributed by atoms with Crippen LogP contribution in [0.25, 0.3) is 0 Å². The highest BCUT2D eigenvalue weighted by atomic mass is 35.5. The molecule has 0 saturated heterocycles. The molecule has 1 fully saturated rings. The summed E-state index contributed by atoms with van der Waals surface area (Å²) in [4.78, 5) is 0. The van der Waals surface area contributed by atoms with Crippen molar-refractivity contribution in [2.24, 2.45) is 5.92 Å². The second-order valence-corrected chi connectivity index (χ2v) is 6.28. The van der Waals surface area contributed by atoms with Gasteiger partial charge in [-0.15, -0.1) is 0 Å². The lowest BCUT2D eigenvalue weighted by Crippen LogP contribution is -2.36. The van der Waals surface area contributed by atoms with Crippen molar-refractivity contribution in [1.29, 1.82) is 0 Å². The van der Waals surface area contributed by atoms with Crippen molar-refractivity contribution >= 4 is 17.3 Å². The van der Waals surface area contributed by atoms with Crippen molar-refractivity contribution < 1.29 is 5.11 Å². The fourth-order valence-corrected chi connectivity index (χ4v) is 3.68. The lowest BCUT2D eigenvalue weighted by molar-refractivity contribution is 0.0196. The van der Waals surface area contributed by atoms with Gasteiger partial charge in [0.2, 0.25) is 0 Å². The van der Waals surface area contributed by atoms with Gasteiger partial charge in [-0.25, -0.2) is 0 Å². The quantitative estimate of drug-likeness (QED) is 0.828. The summed E-state index contributed by atoms with van der Waals surface area (Å²) in [5, 5.41) is 12.2. The fraction of sp³-hybridized carbons (Fsp3) is 0.333. The van der Waals surface area contributed by atoms with E-state index in [-0.39, 0.29) is 5.92 Å². The Labute approximate surface area is 130 Å². The summed E-state index contributed by atoms with van der Waals surface area (Å²) < 4.78 is 0. The fourth-order valence-electron chi connectivity index (χ4n) is 3.51. The third-order valence-corrected chi connectivity index (χ3v) is 4.82. The lowest BCUT2D eigenvalue weighted by Gasteiger charge is -2.36. The van der Waals surface area contributed by atoms with Crippen LogP contribution in [0.1, 0.15) is 36.8 Å². The number of hydrogen-bond acceptors (Lipinski definition) is 2. The van der Waals surface area contributed by atoms with Crippen LogP contribution >= 0.6 is 11.6 Å². The zero-order valence-electron chi connectivity index (χ0n) is 11.9. The number of rotatable bonds is 3. The molecule has 0 heterocycles. The summed E-state index contributed by atoms with van der Waals surface area (Å²) in [7, 11) is 0. The molecule has 0 aromatic heterocycles. The van der Waals surface area contributed by atoms with Crippen molar-refractivity contribution in [2.75, 3.05) is 5.73 Å². The van der Waals surface area contributed by atoms with E-state index in [1.807, 2.05) is 36.4 Å². The highest BCUT2D eigenvalue weighted by Crippen LogP contribution is 2.47. The predicted molar refractivity (Wildman–Crippen MR) is 87.3 cm³/mol. The molecule has 2 aromatic rings. The Balaban J connectivity index is 2.18. The molecule has 1 saturated carbocycles. The van der Waals surface area contributed by atoms with Crippen LogP contribution in [0.2, 0.25) is 5.02 Å². The summed E-state index contributed by atoms with van der Waals surface area (Å²) in [6.07, 6.45) is 4.33. The summed E-state index contributed by atoms with van der Waals surface area (Å²) in [6, 6.07) is 15.2. The van der Waals surface area contributed by atoms with Gasteiger partial charge in [-0.05, 0) is 42.5 Å². The molecule has 110 valence electrons. The van der Waals surface area contributed by atoms with Gasteiger partial charge in [-0.2, -0.15) is 0 Å². The number of anilines is 1. The van der Waals surface area contributed by atoms with Gasteiger partial charge in [0.25, 0.3) is 0 Å². The first-order valence-electron chi connectivity index (χ1n) is 7.46. The highest BCUT2D eigenvalue weighted by Gasteiger charge is 2.42. The maximum atomic E-state index is 11.6. The standard InChI is InChI=1S/C18H20ClNO/c19-15-10-11-17(20)16(12-15)18(21,14-8-4-5-9-14)13-6-2-1-3-7-13/h1-3,6-7,10-12,14,21H,4-5,8-9,20H2/t18-/m1/s1. The van der Waals surface area contributed by atoms with E-state index in [0.29, 0.717) is 10.7 Å². The van der Waals surface area contributed by atoms with Crippen LogP contribution in [0.15, 0.2) is 48.5 Å². The Morgan fingerprint density at radius 2 is 1.71 bits per heavy atom. The van der Waals surface area contributed by atoms with Gasteiger partial charge in [-0.1, -0.05) is 54.8 Å². The van der Waals surface area contributed by atoms with E-state index < -0.39 is 5.60 Å². The topological polar surface area (TPSA) is 46.2 Å². The minimum Gasteiger partial charge on any atom is -0.398 e. The summed E-state index contributed by atoms with van der Waals surface area (Å²) >= 11 is 6.15. The lowest BCUT2D eigenvalue weighted by atomic mass is 9.74. The second kappa shape index (κ2) is 5.70.